The van der Waals surface area contributed by atoms with Gasteiger partial charge in [-0.25, -0.2) is 0 Å². The number of carbonyl (C=O) groups is 2. The molecule has 0 aliphatic carbocycles. The van der Waals surface area contributed by atoms with Gasteiger partial charge < -0.3 is 0 Å². The molecule has 15 heavy (non-hydrogen) atoms. The maximum absolute atomic E-state index is 10.4. The molecule has 0 saturated heterocycles. The Kier molecular flexibility index (Phi) is 6.38. The summed E-state index contributed by atoms with van der Waals surface area (Å²) in [6, 6.07) is -1.25. The van der Waals surface area contributed by atoms with Crippen molar-refractivity contribution in [2.45, 2.75) is 18.9 Å². The summed E-state index contributed by atoms with van der Waals surface area (Å²) in [4.78, 5) is 20.6. The van der Waals surface area contributed by atoms with E-state index in [4.69, 9.17) is 15.9 Å². The predicted molar refractivity (Wildman–Crippen MR) is 52.1 cm³/mol. The van der Waals surface area contributed by atoms with E-state index in [1.54, 1.807) is 0 Å². The van der Waals surface area contributed by atoms with Crippen LogP contribution in [-0.2, 0) is 14.2 Å². The Morgan fingerprint density at radius 3 is 2.40 bits per heavy atom. The van der Waals surface area contributed by atoms with E-state index in [-0.39, 0.29) is 18.4 Å². The van der Waals surface area contributed by atoms with Gasteiger partial charge in [0.05, 0.1) is 0 Å². The van der Waals surface area contributed by atoms with Gasteiger partial charge in [-0.2, -0.15) is 0 Å². The van der Waals surface area contributed by atoms with Crippen LogP contribution in [0.3, 0.4) is 0 Å². The van der Waals surface area contributed by atoms with Crippen molar-refractivity contribution < 1.29 is 24.4 Å². The van der Waals surface area contributed by atoms with Crippen LogP contribution in [-0.4, -0.2) is 28.2 Å². The third-order valence-electron chi connectivity index (χ3n) is 1.46. The molecule has 7 heteroatoms. The van der Waals surface area contributed by atoms with E-state index in [1.165, 1.54) is 0 Å². The van der Waals surface area contributed by atoms with Crippen molar-refractivity contribution in [3.8, 4) is 5.63 Å². The molecule has 0 radical (unpaired) electrons. The molecule has 82 valence electrons. The van der Waals surface area contributed by atoms with Crippen LogP contribution >= 0.6 is 7.92 Å². The number of hydrogen-bond donors (Lipinski definition) is 3. The zero-order valence-corrected chi connectivity index (χ0v) is 8.61. The average molecular weight is 231 g/mol. The van der Waals surface area contributed by atoms with Crippen molar-refractivity contribution in [2.75, 3.05) is 0 Å². The van der Waals surface area contributed by atoms with E-state index in [0.717, 1.165) is 6.08 Å². The minimum atomic E-state index is -1.25. The van der Waals surface area contributed by atoms with Gasteiger partial charge in [0, 0.05) is 0 Å². The molecule has 0 fully saturated rings. The van der Waals surface area contributed by atoms with E-state index < -0.39 is 25.9 Å². The van der Waals surface area contributed by atoms with Gasteiger partial charge in [0.25, 0.3) is 0 Å². The molecule has 0 aromatic rings. The van der Waals surface area contributed by atoms with Crippen LogP contribution in [0.1, 0.15) is 12.8 Å². The van der Waals surface area contributed by atoms with Crippen LogP contribution in [0.2, 0.25) is 0 Å². The van der Waals surface area contributed by atoms with Crippen LogP contribution < -0.4 is 5.73 Å². The van der Waals surface area contributed by atoms with Crippen LogP contribution in [0, 0.1) is 5.63 Å². The number of nitrogens with two attached hydrogens (primary N) is 1. The molecule has 0 amide bonds. The molecular formula is C8H10NO5P. The molecule has 0 aromatic heterocycles. The van der Waals surface area contributed by atoms with Gasteiger partial charge >= 0.3 is 86.1 Å². The summed E-state index contributed by atoms with van der Waals surface area (Å²) in [7, 11) is -0.435. The third-order valence-corrected chi connectivity index (χ3v) is 1.84. The first kappa shape index (κ1) is 13.7. The Hall–Kier alpha value is -1.35. The number of allylic oxidation sites excluding steroid dienone is 1. The zero-order valence-electron chi connectivity index (χ0n) is 7.71. The van der Waals surface area contributed by atoms with E-state index in [0.29, 0.717) is 0 Å². The summed E-state index contributed by atoms with van der Waals surface area (Å²) >= 11 is 0. The summed E-state index contributed by atoms with van der Waals surface area (Å²) in [5.74, 6) is -2.28. The molecule has 1 unspecified atom stereocenters. The molecule has 0 bridgehead atoms. The number of rotatable bonds is 5. The van der Waals surface area contributed by atoms with Gasteiger partial charge in [0.2, 0.25) is 0 Å². The number of carboxylic acid groups (broad SMARTS) is 2. The molecule has 0 spiro atoms. The standard InChI is InChI=1S/C8H10NO5P/c9-6(8(12)13)3-5(4-15-14)1-2-7(10)11/h3,6H,1-2,9H2,(H,10,11)(H,12,13)/b5-3+. The van der Waals surface area contributed by atoms with E-state index in [9.17, 15) is 14.2 Å². The second kappa shape index (κ2) is 7.01. The first-order chi connectivity index (χ1) is 6.97. The normalized spacial score (nSPS) is 12.7. The van der Waals surface area contributed by atoms with Crippen LogP contribution in [0.4, 0.5) is 0 Å². The quantitative estimate of drug-likeness (QED) is 0.591. The molecule has 0 aliphatic heterocycles. The summed E-state index contributed by atoms with van der Waals surface area (Å²) in [6.45, 7) is 0. The fraction of sp³-hybridized carbons (Fsp3) is 0.375. The minimum absolute atomic E-state index is 0.0472. The van der Waals surface area contributed by atoms with Gasteiger partial charge in [0.1, 0.15) is 0 Å². The van der Waals surface area contributed by atoms with Crippen molar-refractivity contribution in [1.82, 2.24) is 0 Å². The summed E-state index contributed by atoms with van der Waals surface area (Å²) in [5.41, 5.74) is 7.71. The SMILES string of the molecule is NC(/C=C(/C#P=O)CCC(=O)O)C(=O)O. The van der Waals surface area contributed by atoms with Gasteiger partial charge in [-0.3, -0.25) is 0 Å². The molecule has 0 saturated carbocycles. The molecule has 4 N–H and O–H groups in total. The second-order valence-electron chi connectivity index (χ2n) is 2.65. The van der Waals surface area contributed by atoms with Crippen molar-refractivity contribution in [1.29, 1.82) is 0 Å². The van der Waals surface area contributed by atoms with E-state index in [1.807, 2.05) is 0 Å². The molecule has 6 nitrogen and oxygen atoms in total. The molecule has 0 aromatic carbocycles. The number of hydrogen-bond acceptors (Lipinski definition) is 4. The van der Waals surface area contributed by atoms with Gasteiger partial charge in [-0.15, -0.1) is 0 Å². The number of carboxylic acids is 2. The van der Waals surface area contributed by atoms with Crippen molar-refractivity contribution in [3.05, 3.63) is 11.6 Å². The Morgan fingerprint density at radius 1 is 1.40 bits per heavy atom. The number of aliphatic carboxylic acids is 2. The molecule has 0 heterocycles. The monoisotopic (exact) mass is 231 g/mol. The van der Waals surface area contributed by atoms with Crippen LogP contribution in [0.5, 0.6) is 0 Å². The zero-order chi connectivity index (χ0) is 11.8. The molecule has 0 rings (SSSR count). The summed E-state index contributed by atoms with van der Waals surface area (Å²) < 4.78 is 10.2. The van der Waals surface area contributed by atoms with E-state index >= 15 is 0 Å². The van der Waals surface area contributed by atoms with Crippen molar-refractivity contribution >= 4 is 19.9 Å². The average Bonchev–Trinajstić information content (AvgIpc) is 2.14. The fourth-order valence-corrected chi connectivity index (χ4v) is 1.07. The third kappa shape index (κ3) is 6.69. The Labute approximate surface area is 86.9 Å². The summed E-state index contributed by atoms with van der Waals surface area (Å²) in [6.07, 6.45) is 0.975. The van der Waals surface area contributed by atoms with Crippen molar-refractivity contribution in [2.24, 2.45) is 5.73 Å². The van der Waals surface area contributed by atoms with Crippen LogP contribution in [0.15, 0.2) is 11.6 Å². The topological polar surface area (TPSA) is 118 Å². The van der Waals surface area contributed by atoms with E-state index in [2.05, 4.69) is 5.63 Å². The van der Waals surface area contributed by atoms with Gasteiger partial charge in [-0.1, -0.05) is 0 Å². The fourth-order valence-electron chi connectivity index (χ4n) is 0.765. The second-order valence-corrected chi connectivity index (χ2v) is 3.06. The van der Waals surface area contributed by atoms with Crippen molar-refractivity contribution in [3.63, 3.8) is 0 Å². The first-order valence-electron chi connectivity index (χ1n) is 3.96. The predicted octanol–water partition coefficient (Wildman–Crippen LogP) is 0.440. The maximum atomic E-state index is 10.4. The molecule has 1 atom stereocenters. The summed E-state index contributed by atoms with van der Waals surface area (Å²) in [5, 5.41) is 16.9. The Bertz CT molecular complexity index is 383. The Balaban J connectivity index is 4.63. The first-order valence-corrected chi connectivity index (χ1v) is 4.78. The Morgan fingerprint density at radius 2 is 2.00 bits per heavy atom. The molecule has 0 aliphatic rings. The van der Waals surface area contributed by atoms with Gasteiger partial charge in [0.15, 0.2) is 0 Å². The van der Waals surface area contributed by atoms with Crippen LogP contribution in [0.25, 0.3) is 0 Å². The van der Waals surface area contributed by atoms with Gasteiger partial charge in [-0.05, 0) is 0 Å². The molecular weight excluding hydrogens is 221 g/mol.